The van der Waals surface area contributed by atoms with Gasteiger partial charge in [-0.25, -0.2) is 0 Å². The van der Waals surface area contributed by atoms with Crippen molar-refractivity contribution in [3.05, 3.63) is 0 Å². The fourth-order valence-electron chi connectivity index (χ4n) is 1.68. The number of ketones is 1. The molecule has 0 spiro atoms. The molecule has 96 valence electrons. The Morgan fingerprint density at radius 2 is 2.06 bits per heavy atom. The molecule has 0 bridgehead atoms. The van der Waals surface area contributed by atoms with Crippen LogP contribution in [0.25, 0.3) is 0 Å². The van der Waals surface area contributed by atoms with Gasteiger partial charge in [0.15, 0.2) is 5.78 Å². The third-order valence-corrected chi connectivity index (χ3v) is 2.77. The van der Waals surface area contributed by atoms with Crippen LogP contribution in [0.5, 0.6) is 0 Å². The summed E-state index contributed by atoms with van der Waals surface area (Å²) in [5, 5.41) is 39.7. The average molecular weight is 263 g/mol. The van der Waals surface area contributed by atoms with Gasteiger partial charge in [0.25, 0.3) is 5.72 Å². The molecule has 0 amide bonds. The van der Waals surface area contributed by atoms with Gasteiger partial charge in [0.05, 0.1) is 11.8 Å². The molecule has 0 aromatic carbocycles. The van der Waals surface area contributed by atoms with Crippen molar-refractivity contribution in [2.24, 2.45) is 4.99 Å². The lowest BCUT2D eigenvalue weighted by atomic mass is 9.89. The molecule has 0 saturated carbocycles. The molecule has 1 saturated heterocycles. The zero-order chi connectivity index (χ0) is 13.2. The number of Topliss-reactive ketones (excluding diaryl/α,β-unsaturated/α-hetero) is 1. The predicted molar refractivity (Wildman–Crippen MR) is 58.4 cm³/mol. The van der Waals surface area contributed by atoms with Gasteiger partial charge in [0.2, 0.25) is 0 Å². The molecule has 8 heteroatoms. The van der Waals surface area contributed by atoms with Gasteiger partial charge in [-0.15, -0.1) is 0 Å². The Balaban J connectivity index is 3.20. The zero-order valence-electron chi connectivity index (χ0n) is 8.98. The van der Waals surface area contributed by atoms with E-state index >= 15 is 0 Å². The fourth-order valence-corrected chi connectivity index (χ4v) is 1.82. The average Bonchev–Trinajstić information content (AvgIpc) is 2.30. The Morgan fingerprint density at radius 1 is 1.47 bits per heavy atom. The lowest BCUT2D eigenvalue weighted by Gasteiger charge is -2.44. The molecule has 1 heterocycles. The first-order valence-electron chi connectivity index (χ1n) is 4.83. The summed E-state index contributed by atoms with van der Waals surface area (Å²) >= 11 is 4.35. The minimum absolute atomic E-state index is 0.646. The molecular formula is C9H13NO6S. The first-order chi connectivity index (χ1) is 7.90. The summed E-state index contributed by atoms with van der Waals surface area (Å²) in [5.41, 5.74) is -2.13. The van der Waals surface area contributed by atoms with E-state index in [-0.39, 0.29) is 0 Å². The first-order valence-corrected chi connectivity index (χ1v) is 5.24. The number of nitrogens with zero attached hydrogens (tertiary/aromatic N) is 1. The van der Waals surface area contributed by atoms with E-state index in [0.717, 1.165) is 6.92 Å². The highest BCUT2D eigenvalue weighted by atomic mass is 32.1. The minimum Gasteiger partial charge on any atom is -0.394 e. The Kier molecular flexibility index (Phi) is 4.45. The number of hydrogen-bond acceptors (Lipinski definition) is 8. The second kappa shape index (κ2) is 5.28. The lowest BCUT2D eigenvalue weighted by Crippen LogP contribution is -2.66. The van der Waals surface area contributed by atoms with E-state index in [9.17, 15) is 20.1 Å². The molecule has 0 aliphatic carbocycles. The summed E-state index contributed by atoms with van der Waals surface area (Å²) in [7, 11) is 0. The molecule has 0 radical (unpaired) electrons. The van der Waals surface area contributed by atoms with E-state index in [1.807, 2.05) is 5.16 Å². The normalized spacial score (nSPS) is 41.7. The minimum atomic E-state index is -2.13. The van der Waals surface area contributed by atoms with Crippen molar-refractivity contribution in [2.75, 3.05) is 6.61 Å². The van der Waals surface area contributed by atoms with Crippen molar-refractivity contribution in [2.45, 2.75) is 37.1 Å². The second-order valence-corrected chi connectivity index (χ2v) is 3.90. The monoisotopic (exact) mass is 263 g/mol. The van der Waals surface area contributed by atoms with Gasteiger partial charge in [0, 0.05) is 0 Å². The van der Waals surface area contributed by atoms with Crippen molar-refractivity contribution in [1.82, 2.24) is 0 Å². The van der Waals surface area contributed by atoms with Crippen LogP contribution < -0.4 is 0 Å². The summed E-state index contributed by atoms with van der Waals surface area (Å²) < 4.78 is 5.06. The van der Waals surface area contributed by atoms with Gasteiger partial charge in [-0.2, -0.15) is 4.99 Å². The summed E-state index contributed by atoms with van der Waals surface area (Å²) in [6.07, 6.45) is -6.24. The summed E-state index contributed by atoms with van der Waals surface area (Å²) in [5.74, 6) is -0.716. The second-order valence-electron chi connectivity index (χ2n) is 3.72. The fraction of sp³-hybridized carbons (Fsp3) is 0.778. The van der Waals surface area contributed by atoms with Gasteiger partial charge in [-0.05, 0) is 19.1 Å². The predicted octanol–water partition coefficient (Wildman–Crippen LogP) is -2.15. The number of aliphatic hydroxyl groups is 4. The van der Waals surface area contributed by atoms with Crippen LogP contribution in [0.15, 0.2) is 4.99 Å². The molecule has 7 nitrogen and oxygen atoms in total. The number of aliphatic hydroxyl groups excluding tert-OH is 4. The molecule has 1 fully saturated rings. The Labute approximate surface area is 102 Å². The Morgan fingerprint density at radius 3 is 2.47 bits per heavy atom. The van der Waals surface area contributed by atoms with Crippen LogP contribution in [-0.4, -0.2) is 68.1 Å². The van der Waals surface area contributed by atoms with E-state index in [0.29, 0.717) is 0 Å². The van der Waals surface area contributed by atoms with Crippen molar-refractivity contribution >= 4 is 23.2 Å². The SMILES string of the molecule is CC(=O)[C@@]1(N=C=S)O[C@H](CO)[C@@H](O)[C@H](O)[C@H]1O. The third kappa shape index (κ3) is 2.29. The maximum atomic E-state index is 11.5. The van der Waals surface area contributed by atoms with Gasteiger partial charge in [-0.3, -0.25) is 4.79 Å². The lowest BCUT2D eigenvalue weighted by molar-refractivity contribution is -0.261. The van der Waals surface area contributed by atoms with Crippen molar-refractivity contribution in [1.29, 1.82) is 0 Å². The van der Waals surface area contributed by atoms with E-state index in [1.165, 1.54) is 0 Å². The van der Waals surface area contributed by atoms with Crippen LogP contribution in [-0.2, 0) is 9.53 Å². The van der Waals surface area contributed by atoms with E-state index in [4.69, 9.17) is 9.84 Å². The summed E-state index contributed by atoms with van der Waals surface area (Å²) in [6.45, 7) is 0.436. The number of aliphatic imine (C=N–C) groups is 1. The van der Waals surface area contributed by atoms with Crippen LogP contribution in [0.4, 0.5) is 0 Å². The standard InChI is InChI=1S/C9H13NO6S/c1-4(12)9(10-3-17)8(15)7(14)6(13)5(2-11)16-9/h5-8,11,13-15H,2H2,1H3/t5-,6-,7+,8-,9-/m1/s1. The van der Waals surface area contributed by atoms with Crippen LogP contribution in [0, 0.1) is 0 Å². The topological polar surface area (TPSA) is 120 Å². The highest BCUT2D eigenvalue weighted by Gasteiger charge is 2.56. The molecule has 17 heavy (non-hydrogen) atoms. The molecular weight excluding hydrogens is 250 g/mol. The quantitative estimate of drug-likeness (QED) is 0.338. The molecule has 0 aromatic heterocycles. The van der Waals surface area contributed by atoms with Crippen molar-refractivity contribution < 1.29 is 30.0 Å². The molecule has 1 rings (SSSR count). The van der Waals surface area contributed by atoms with Crippen LogP contribution in [0.3, 0.4) is 0 Å². The third-order valence-electron chi connectivity index (χ3n) is 2.68. The number of rotatable bonds is 3. The molecule has 1 aliphatic rings. The summed E-state index contributed by atoms with van der Waals surface area (Å²) in [4.78, 5) is 14.9. The molecule has 0 unspecified atom stereocenters. The molecule has 4 N–H and O–H groups in total. The first kappa shape index (κ1) is 14.3. The van der Waals surface area contributed by atoms with Gasteiger partial charge in [0.1, 0.15) is 24.4 Å². The summed E-state index contributed by atoms with van der Waals surface area (Å²) in [6, 6.07) is 0. The van der Waals surface area contributed by atoms with Crippen LogP contribution >= 0.6 is 12.2 Å². The molecule has 1 aliphatic heterocycles. The largest absolute Gasteiger partial charge is 0.394 e. The highest BCUT2D eigenvalue weighted by molar-refractivity contribution is 7.78. The van der Waals surface area contributed by atoms with E-state index in [2.05, 4.69) is 17.2 Å². The van der Waals surface area contributed by atoms with Gasteiger partial charge < -0.3 is 25.2 Å². The van der Waals surface area contributed by atoms with E-state index < -0.39 is 42.5 Å². The van der Waals surface area contributed by atoms with Crippen LogP contribution in [0.1, 0.15) is 6.92 Å². The van der Waals surface area contributed by atoms with Crippen molar-refractivity contribution in [3.8, 4) is 0 Å². The Bertz CT molecular complexity index is 351. The van der Waals surface area contributed by atoms with E-state index in [1.54, 1.807) is 0 Å². The molecule has 5 atom stereocenters. The maximum Gasteiger partial charge on any atom is 0.256 e. The maximum absolute atomic E-state index is 11.5. The Hall–Kier alpha value is -0.730. The number of hydrogen-bond donors (Lipinski definition) is 4. The molecule has 0 aromatic rings. The highest BCUT2D eigenvalue weighted by Crippen LogP contribution is 2.31. The number of thiocarbonyl (C=S) groups is 1. The number of carbonyl (C=O) groups excluding carboxylic acids is 1. The number of isothiocyanates is 1. The van der Waals surface area contributed by atoms with Gasteiger partial charge >= 0.3 is 0 Å². The van der Waals surface area contributed by atoms with Gasteiger partial charge in [-0.1, -0.05) is 0 Å². The number of ether oxygens (including phenoxy) is 1. The van der Waals surface area contributed by atoms with Crippen LogP contribution in [0.2, 0.25) is 0 Å². The smallest absolute Gasteiger partial charge is 0.256 e. The number of carbonyl (C=O) groups is 1. The zero-order valence-corrected chi connectivity index (χ0v) is 9.79. The van der Waals surface area contributed by atoms with Crippen molar-refractivity contribution in [3.63, 3.8) is 0 Å².